The van der Waals surface area contributed by atoms with E-state index in [1.807, 2.05) is 0 Å². The van der Waals surface area contributed by atoms with Gasteiger partial charge in [-0.1, -0.05) is 0 Å². The summed E-state index contributed by atoms with van der Waals surface area (Å²) in [7, 11) is 0. The molecule has 0 saturated heterocycles. The van der Waals surface area contributed by atoms with Crippen molar-refractivity contribution in [1.82, 2.24) is 4.90 Å². The summed E-state index contributed by atoms with van der Waals surface area (Å²) in [4.78, 5) is 58.4. The summed E-state index contributed by atoms with van der Waals surface area (Å²) in [5.41, 5.74) is -1.99. The van der Waals surface area contributed by atoms with Crippen LogP contribution in [0.1, 0.15) is 25.7 Å². The van der Waals surface area contributed by atoms with Crippen LogP contribution < -0.4 is 0 Å². The first-order valence-electron chi connectivity index (χ1n) is 6.23. The molecule has 0 unspecified atom stereocenters. The first kappa shape index (κ1) is 14.1. The third kappa shape index (κ3) is 2.04. The van der Waals surface area contributed by atoms with Gasteiger partial charge in [-0.05, 0) is 12.8 Å². The molecule has 1 aliphatic carbocycles. The van der Waals surface area contributed by atoms with E-state index >= 15 is 0 Å². The molecule has 0 spiro atoms. The minimum atomic E-state index is -1.99. The summed E-state index contributed by atoms with van der Waals surface area (Å²) >= 11 is 0. The molecule has 0 bridgehead atoms. The van der Waals surface area contributed by atoms with Gasteiger partial charge in [-0.3, -0.25) is 28.9 Å². The van der Waals surface area contributed by atoms with Crippen LogP contribution in [0, 0.1) is 5.41 Å². The van der Waals surface area contributed by atoms with E-state index in [-0.39, 0.29) is 32.2 Å². The molecule has 2 aliphatic rings. The van der Waals surface area contributed by atoms with Gasteiger partial charge in [0.05, 0.1) is 0 Å². The number of carboxylic acids is 1. The molecule has 0 aromatic heterocycles. The van der Waals surface area contributed by atoms with E-state index in [9.17, 15) is 29.1 Å². The lowest BCUT2D eigenvalue weighted by Gasteiger charge is -2.22. The van der Waals surface area contributed by atoms with Gasteiger partial charge < -0.3 is 5.11 Å². The van der Waals surface area contributed by atoms with Crippen LogP contribution in [0.15, 0.2) is 12.2 Å². The molecule has 0 atom stereocenters. The number of rotatable bonds is 5. The Hall–Kier alpha value is -2.31. The van der Waals surface area contributed by atoms with E-state index in [1.165, 1.54) is 0 Å². The molecule has 1 heterocycles. The third-order valence-corrected chi connectivity index (χ3v) is 3.73. The predicted octanol–water partition coefficient (Wildman–Crippen LogP) is -0.305. The van der Waals surface area contributed by atoms with Crippen molar-refractivity contribution in [2.75, 3.05) is 6.54 Å². The molecular weight excluding hydrogens is 266 g/mol. The maximum atomic E-state index is 11.7. The van der Waals surface area contributed by atoms with Crippen LogP contribution in [0.3, 0.4) is 0 Å². The van der Waals surface area contributed by atoms with Crippen LogP contribution in [-0.4, -0.2) is 45.9 Å². The van der Waals surface area contributed by atoms with Crippen molar-refractivity contribution in [3.8, 4) is 0 Å². The first-order chi connectivity index (χ1) is 9.39. The second-order valence-corrected chi connectivity index (χ2v) is 4.82. The highest BCUT2D eigenvalue weighted by Crippen LogP contribution is 2.36. The zero-order chi connectivity index (χ0) is 14.9. The SMILES string of the molecule is O=C1C=CC(=O)N1CCCC1(C(=O)O)C(=O)CCC1=O. The molecule has 20 heavy (non-hydrogen) atoms. The van der Waals surface area contributed by atoms with Crippen LogP contribution in [-0.2, 0) is 24.0 Å². The molecule has 0 aromatic carbocycles. The fourth-order valence-electron chi connectivity index (χ4n) is 2.59. The van der Waals surface area contributed by atoms with Gasteiger partial charge >= 0.3 is 5.97 Å². The molecule has 1 aliphatic heterocycles. The van der Waals surface area contributed by atoms with Crippen LogP contribution in [0.25, 0.3) is 0 Å². The number of Topliss-reactive ketones (excluding diaryl/α,β-unsaturated/α-hetero) is 2. The van der Waals surface area contributed by atoms with Gasteiger partial charge in [-0.2, -0.15) is 0 Å². The number of amides is 2. The van der Waals surface area contributed by atoms with E-state index in [0.29, 0.717) is 0 Å². The number of ketones is 2. The molecule has 0 radical (unpaired) electrons. The summed E-state index contributed by atoms with van der Waals surface area (Å²) in [5, 5.41) is 9.20. The smallest absolute Gasteiger partial charge is 0.324 e. The predicted molar refractivity (Wildman–Crippen MR) is 64.4 cm³/mol. The molecule has 1 saturated carbocycles. The monoisotopic (exact) mass is 279 g/mol. The molecule has 2 rings (SSSR count). The van der Waals surface area contributed by atoms with Gasteiger partial charge in [0, 0.05) is 31.5 Å². The molecule has 1 N–H and O–H groups in total. The minimum absolute atomic E-state index is 0.000255. The number of carboxylic acid groups (broad SMARTS) is 1. The normalized spacial score (nSPS) is 21.1. The average molecular weight is 279 g/mol. The lowest BCUT2D eigenvalue weighted by molar-refractivity contribution is -0.157. The maximum Gasteiger partial charge on any atom is 0.324 e. The number of aliphatic carboxylic acids is 1. The van der Waals surface area contributed by atoms with Crippen molar-refractivity contribution >= 4 is 29.4 Å². The third-order valence-electron chi connectivity index (χ3n) is 3.73. The highest BCUT2D eigenvalue weighted by atomic mass is 16.4. The minimum Gasteiger partial charge on any atom is -0.480 e. The Bertz CT molecular complexity index is 513. The molecular formula is C13H13NO6. The lowest BCUT2D eigenvalue weighted by Crippen LogP contribution is -2.42. The van der Waals surface area contributed by atoms with Gasteiger partial charge in [0.15, 0.2) is 17.0 Å². The average Bonchev–Trinajstić information content (AvgIpc) is 2.85. The summed E-state index contributed by atoms with van der Waals surface area (Å²) in [5.74, 6) is -3.56. The zero-order valence-corrected chi connectivity index (χ0v) is 10.6. The Morgan fingerprint density at radius 3 is 2.05 bits per heavy atom. The van der Waals surface area contributed by atoms with Crippen LogP contribution in [0.5, 0.6) is 0 Å². The molecule has 0 aromatic rings. The number of hydrogen-bond donors (Lipinski definition) is 1. The van der Waals surface area contributed by atoms with E-state index in [0.717, 1.165) is 17.1 Å². The van der Waals surface area contributed by atoms with Crippen LogP contribution >= 0.6 is 0 Å². The van der Waals surface area contributed by atoms with Gasteiger partial charge in [-0.25, -0.2) is 0 Å². The Kier molecular flexibility index (Phi) is 3.52. The number of nitrogens with zero attached hydrogens (tertiary/aromatic N) is 1. The Morgan fingerprint density at radius 2 is 1.60 bits per heavy atom. The van der Waals surface area contributed by atoms with Gasteiger partial charge in [0.2, 0.25) is 0 Å². The van der Waals surface area contributed by atoms with E-state index in [4.69, 9.17) is 0 Å². The molecule has 7 heteroatoms. The Labute approximate surface area is 114 Å². The number of imide groups is 1. The van der Waals surface area contributed by atoms with Crippen LogP contribution in [0.4, 0.5) is 0 Å². The summed E-state index contributed by atoms with van der Waals surface area (Å²) < 4.78 is 0. The maximum absolute atomic E-state index is 11.7. The summed E-state index contributed by atoms with van der Waals surface area (Å²) in [6.07, 6.45) is 2.05. The van der Waals surface area contributed by atoms with Crippen molar-refractivity contribution in [3.05, 3.63) is 12.2 Å². The molecule has 2 amide bonds. The number of carbonyl (C=O) groups excluding carboxylic acids is 4. The molecule has 7 nitrogen and oxygen atoms in total. The highest BCUT2D eigenvalue weighted by Gasteiger charge is 2.55. The lowest BCUT2D eigenvalue weighted by atomic mass is 9.80. The fraction of sp³-hybridized carbons (Fsp3) is 0.462. The molecule has 1 fully saturated rings. The van der Waals surface area contributed by atoms with Gasteiger partial charge in [0.25, 0.3) is 11.8 Å². The number of carbonyl (C=O) groups is 5. The summed E-state index contributed by atoms with van der Waals surface area (Å²) in [6.45, 7) is 0.000255. The zero-order valence-electron chi connectivity index (χ0n) is 10.6. The fourth-order valence-corrected chi connectivity index (χ4v) is 2.59. The Balaban J connectivity index is 2.03. The molecule has 106 valence electrons. The quantitative estimate of drug-likeness (QED) is 0.546. The van der Waals surface area contributed by atoms with E-state index in [2.05, 4.69) is 0 Å². The van der Waals surface area contributed by atoms with E-state index in [1.54, 1.807) is 0 Å². The van der Waals surface area contributed by atoms with Crippen molar-refractivity contribution in [2.45, 2.75) is 25.7 Å². The van der Waals surface area contributed by atoms with E-state index < -0.39 is 34.8 Å². The largest absolute Gasteiger partial charge is 0.480 e. The van der Waals surface area contributed by atoms with Crippen molar-refractivity contribution in [2.24, 2.45) is 5.41 Å². The second-order valence-electron chi connectivity index (χ2n) is 4.82. The van der Waals surface area contributed by atoms with Crippen molar-refractivity contribution < 1.29 is 29.1 Å². The summed E-state index contributed by atoms with van der Waals surface area (Å²) in [6, 6.07) is 0. The Morgan fingerprint density at radius 1 is 1.10 bits per heavy atom. The van der Waals surface area contributed by atoms with Crippen molar-refractivity contribution in [1.29, 1.82) is 0 Å². The first-order valence-corrected chi connectivity index (χ1v) is 6.23. The van der Waals surface area contributed by atoms with Gasteiger partial charge in [-0.15, -0.1) is 0 Å². The topological polar surface area (TPSA) is 109 Å². The standard InChI is InChI=1S/C13H13NO6/c15-8-2-3-9(16)13(8,12(19)20)6-1-7-14-10(17)4-5-11(14)18/h4-5H,1-3,6-7H2,(H,19,20). The second kappa shape index (κ2) is 4.99. The van der Waals surface area contributed by atoms with Crippen molar-refractivity contribution in [3.63, 3.8) is 0 Å². The van der Waals surface area contributed by atoms with Gasteiger partial charge in [0.1, 0.15) is 0 Å². The van der Waals surface area contributed by atoms with Crippen LogP contribution in [0.2, 0.25) is 0 Å². The number of hydrogen-bond acceptors (Lipinski definition) is 5. The highest BCUT2D eigenvalue weighted by molar-refractivity contribution is 6.25.